The van der Waals surface area contributed by atoms with Gasteiger partial charge in [-0.2, -0.15) is 0 Å². The molecule has 1 aromatic carbocycles. The summed E-state index contributed by atoms with van der Waals surface area (Å²) in [6.07, 6.45) is 2.65. The summed E-state index contributed by atoms with van der Waals surface area (Å²) in [6, 6.07) is 7.43. The van der Waals surface area contributed by atoms with Gasteiger partial charge in [0.05, 0.1) is 13.2 Å². The largest absolute Gasteiger partial charge is 0.379 e. The molecule has 0 aliphatic carbocycles. The first-order valence-corrected chi connectivity index (χ1v) is 12.0. The number of benzene rings is 1. The molecule has 2 aliphatic heterocycles. The van der Waals surface area contributed by atoms with Crippen molar-refractivity contribution in [2.75, 3.05) is 52.5 Å². The molecular formula is C24H33ClN4O3. The Hall–Kier alpha value is -2.09. The van der Waals surface area contributed by atoms with Gasteiger partial charge in [0.25, 0.3) is 5.91 Å². The second-order valence-electron chi connectivity index (χ2n) is 8.93. The van der Waals surface area contributed by atoms with Crippen LogP contribution in [0.15, 0.2) is 24.3 Å². The number of nitrogens with zero attached hydrogens (tertiary/aromatic N) is 2. The number of H-pyrrole nitrogens is 1. The van der Waals surface area contributed by atoms with Crippen LogP contribution in [-0.2, 0) is 9.53 Å². The number of amides is 2. The van der Waals surface area contributed by atoms with Crippen molar-refractivity contribution in [3.63, 3.8) is 0 Å². The van der Waals surface area contributed by atoms with E-state index in [1.54, 1.807) is 0 Å². The van der Waals surface area contributed by atoms with Crippen LogP contribution < -0.4 is 5.32 Å². The molecule has 1 atom stereocenters. The Morgan fingerprint density at radius 2 is 1.94 bits per heavy atom. The van der Waals surface area contributed by atoms with E-state index < -0.39 is 0 Å². The Bertz CT molecular complexity index is 932. The fourth-order valence-electron chi connectivity index (χ4n) is 4.71. The van der Waals surface area contributed by atoms with Crippen molar-refractivity contribution < 1.29 is 14.3 Å². The summed E-state index contributed by atoms with van der Waals surface area (Å²) in [4.78, 5) is 33.0. The Kier molecular flexibility index (Phi) is 7.71. The summed E-state index contributed by atoms with van der Waals surface area (Å²) in [6.45, 7) is 8.64. The van der Waals surface area contributed by atoms with Gasteiger partial charge in [0.15, 0.2) is 0 Å². The Morgan fingerprint density at radius 3 is 2.69 bits per heavy atom. The minimum Gasteiger partial charge on any atom is -0.379 e. The van der Waals surface area contributed by atoms with Crippen molar-refractivity contribution in [1.29, 1.82) is 0 Å². The number of fused-ring (bicyclic) bond motifs is 1. The molecule has 2 fully saturated rings. The molecule has 0 radical (unpaired) electrons. The zero-order valence-electron chi connectivity index (χ0n) is 18.7. The molecule has 0 saturated carbocycles. The quantitative estimate of drug-likeness (QED) is 0.622. The van der Waals surface area contributed by atoms with Crippen LogP contribution in [-0.4, -0.2) is 79.1 Å². The van der Waals surface area contributed by atoms with Crippen molar-refractivity contribution in [1.82, 2.24) is 20.1 Å². The second kappa shape index (κ2) is 10.7. The highest BCUT2D eigenvalue weighted by Crippen LogP contribution is 2.27. The lowest BCUT2D eigenvalue weighted by molar-refractivity contribution is -0.126. The topological polar surface area (TPSA) is 77.7 Å². The number of piperidine rings is 1. The minimum atomic E-state index is -0.0362. The number of ether oxygens (including phenoxy) is 1. The summed E-state index contributed by atoms with van der Waals surface area (Å²) >= 11 is 6.05. The van der Waals surface area contributed by atoms with E-state index in [9.17, 15) is 9.59 Å². The molecule has 4 rings (SSSR count). The molecule has 3 heterocycles. The van der Waals surface area contributed by atoms with Gasteiger partial charge in [-0.1, -0.05) is 18.5 Å². The van der Waals surface area contributed by atoms with Crippen LogP contribution >= 0.6 is 11.6 Å². The first kappa shape index (κ1) is 23.1. The van der Waals surface area contributed by atoms with E-state index >= 15 is 0 Å². The molecule has 2 amide bonds. The fraction of sp³-hybridized carbons (Fsp3) is 0.583. The number of aromatic amines is 1. The second-order valence-corrected chi connectivity index (χ2v) is 9.37. The van der Waals surface area contributed by atoms with Crippen LogP contribution in [0.1, 0.15) is 36.7 Å². The Balaban J connectivity index is 1.20. The third kappa shape index (κ3) is 5.63. The average molecular weight is 461 g/mol. The van der Waals surface area contributed by atoms with E-state index in [1.807, 2.05) is 36.1 Å². The number of morpholine rings is 1. The number of carbonyl (C=O) groups is 2. The van der Waals surface area contributed by atoms with E-state index in [-0.39, 0.29) is 17.7 Å². The van der Waals surface area contributed by atoms with Gasteiger partial charge in [-0.15, -0.1) is 0 Å². The van der Waals surface area contributed by atoms with E-state index in [0.717, 1.165) is 63.0 Å². The lowest BCUT2D eigenvalue weighted by Gasteiger charge is -2.34. The number of aromatic nitrogens is 1. The van der Waals surface area contributed by atoms with Crippen molar-refractivity contribution in [3.8, 4) is 0 Å². The van der Waals surface area contributed by atoms with Crippen LogP contribution in [0.2, 0.25) is 5.02 Å². The van der Waals surface area contributed by atoms with Crippen molar-refractivity contribution in [2.45, 2.75) is 26.2 Å². The van der Waals surface area contributed by atoms with E-state index in [1.165, 1.54) is 0 Å². The van der Waals surface area contributed by atoms with Crippen molar-refractivity contribution in [2.24, 2.45) is 11.8 Å². The molecule has 1 aromatic heterocycles. The van der Waals surface area contributed by atoms with Gasteiger partial charge in [0.1, 0.15) is 5.69 Å². The zero-order chi connectivity index (χ0) is 22.5. The van der Waals surface area contributed by atoms with E-state index in [2.05, 4.69) is 15.2 Å². The molecule has 0 spiro atoms. The SMILES string of the molecule is C[C@@H](C(=O)NCCCN1CCOCC1)C1CCN(C(=O)c2cc3cc(Cl)ccc3[nH]2)CC1. The van der Waals surface area contributed by atoms with Gasteiger partial charge < -0.3 is 19.9 Å². The number of carbonyl (C=O) groups excluding carboxylic acids is 2. The summed E-state index contributed by atoms with van der Waals surface area (Å²) in [5.74, 6) is 0.408. The van der Waals surface area contributed by atoms with Crippen LogP contribution in [0, 0.1) is 11.8 Å². The van der Waals surface area contributed by atoms with Crippen LogP contribution in [0.5, 0.6) is 0 Å². The number of rotatable bonds is 7. The Labute approximate surface area is 194 Å². The lowest BCUT2D eigenvalue weighted by Crippen LogP contribution is -2.43. The molecule has 7 nitrogen and oxygen atoms in total. The van der Waals surface area contributed by atoms with E-state index in [0.29, 0.717) is 36.3 Å². The zero-order valence-corrected chi connectivity index (χ0v) is 19.5. The molecule has 2 saturated heterocycles. The molecule has 2 aliphatic rings. The number of hydrogen-bond donors (Lipinski definition) is 2. The number of nitrogens with one attached hydrogen (secondary N) is 2. The summed E-state index contributed by atoms with van der Waals surface area (Å²) in [5, 5.41) is 4.70. The summed E-state index contributed by atoms with van der Waals surface area (Å²) < 4.78 is 5.37. The molecule has 174 valence electrons. The van der Waals surface area contributed by atoms with Gasteiger partial charge in [-0.25, -0.2) is 0 Å². The standard InChI is InChI=1S/C24H33ClN4O3/c1-17(23(30)26-7-2-8-28-11-13-32-14-12-28)18-5-9-29(10-6-18)24(31)22-16-19-15-20(25)3-4-21(19)27-22/h3-4,15-18,27H,2,5-14H2,1H3,(H,26,30)/t17-/m1/s1. The average Bonchev–Trinajstić information content (AvgIpc) is 3.24. The maximum Gasteiger partial charge on any atom is 0.270 e. The highest BCUT2D eigenvalue weighted by Gasteiger charge is 2.30. The summed E-state index contributed by atoms with van der Waals surface area (Å²) in [7, 11) is 0. The number of hydrogen-bond acceptors (Lipinski definition) is 4. The highest BCUT2D eigenvalue weighted by molar-refractivity contribution is 6.31. The van der Waals surface area contributed by atoms with Crippen LogP contribution in [0.3, 0.4) is 0 Å². The van der Waals surface area contributed by atoms with Gasteiger partial charge >= 0.3 is 0 Å². The third-order valence-electron chi connectivity index (χ3n) is 6.81. The molecule has 0 unspecified atom stereocenters. The smallest absolute Gasteiger partial charge is 0.270 e. The van der Waals surface area contributed by atoms with Crippen LogP contribution in [0.25, 0.3) is 10.9 Å². The predicted molar refractivity (Wildman–Crippen MR) is 126 cm³/mol. The molecule has 2 N–H and O–H groups in total. The van der Waals surface area contributed by atoms with Gasteiger partial charge in [-0.3, -0.25) is 14.5 Å². The van der Waals surface area contributed by atoms with Gasteiger partial charge in [-0.05, 0) is 56.0 Å². The maximum absolute atomic E-state index is 12.9. The van der Waals surface area contributed by atoms with Crippen molar-refractivity contribution in [3.05, 3.63) is 35.0 Å². The maximum atomic E-state index is 12.9. The number of likely N-dealkylation sites (tertiary alicyclic amines) is 1. The van der Waals surface area contributed by atoms with Crippen LogP contribution in [0.4, 0.5) is 0 Å². The minimum absolute atomic E-state index is 0.0102. The molecule has 0 bridgehead atoms. The fourth-order valence-corrected chi connectivity index (χ4v) is 4.89. The first-order valence-electron chi connectivity index (χ1n) is 11.7. The highest BCUT2D eigenvalue weighted by atomic mass is 35.5. The molecule has 32 heavy (non-hydrogen) atoms. The molecular weight excluding hydrogens is 428 g/mol. The van der Waals surface area contributed by atoms with Crippen molar-refractivity contribution >= 4 is 34.3 Å². The monoisotopic (exact) mass is 460 g/mol. The van der Waals surface area contributed by atoms with Gasteiger partial charge in [0, 0.05) is 54.6 Å². The normalized spacial score (nSPS) is 19.2. The molecule has 2 aromatic rings. The first-order chi connectivity index (χ1) is 15.5. The number of halogens is 1. The predicted octanol–water partition coefficient (Wildman–Crippen LogP) is 3.15. The van der Waals surface area contributed by atoms with Gasteiger partial charge in [0.2, 0.25) is 5.91 Å². The lowest BCUT2D eigenvalue weighted by atomic mass is 9.84. The van der Waals surface area contributed by atoms with E-state index in [4.69, 9.17) is 16.3 Å². The molecule has 8 heteroatoms. The third-order valence-corrected chi connectivity index (χ3v) is 7.05. The Morgan fingerprint density at radius 1 is 1.19 bits per heavy atom. The summed E-state index contributed by atoms with van der Waals surface area (Å²) in [5.41, 5.74) is 1.50.